The van der Waals surface area contributed by atoms with E-state index in [1.54, 1.807) is 11.3 Å². The Bertz CT molecular complexity index is 497. The molecule has 0 aliphatic heterocycles. The average molecular weight is 282 g/mol. The lowest BCUT2D eigenvalue weighted by molar-refractivity contribution is 0.843. The first-order valence-electron chi connectivity index (χ1n) is 5.95. The van der Waals surface area contributed by atoms with E-state index in [0.717, 1.165) is 24.3 Å². The molecule has 2 heterocycles. The van der Waals surface area contributed by atoms with Gasteiger partial charge in [-0.1, -0.05) is 31.5 Å². The van der Waals surface area contributed by atoms with Crippen LogP contribution in [0.3, 0.4) is 0 Å². The van der Waals surface area contributed by atoms with Crippen LogP contribution in [0.2, 0.25) is 5.15 Å². The minimum Gasteiger partial charge on any atom is -0.369 e. The lowest BCUT2D eigenvalue weighted by Crippen LogP contribution is -2.09. The molecule has 96 valence electrons. The standard InChI is InChI=1S/C13H16ClN3S/c1-9(2)11-12(14)16-8-17-13(11)15-6-5-10-4-3-7-18-10/h3-4,7-9H,5-6H2,1-2H3,(H,15,16,17). The van der Waals surface area contributed by atoms with E-state index in [1.165, 1.54) is 11.2 Å². The number of hydrogen-bond donors (Lipinski definition) is 1. The molecule has 5 heteroatoms. The molecule has 0 unspecified atom stereocenters. The molecule has 0 saturated heterocycles. The second-order valence-electron chi connectivity index (χ2n) is 4.34. The normalized spacial score (nSPS) is 10.9. The Morgan fingerprint density at radius 2 is 2.22 bits per heavy atom. The van der Waals surface area contributed by atoms with Crippen molar-refractivity contribution in [3.05, 3.63) is 39.4 Å². The summed E-state index contributed by atoms with van der Waals surface area (Å²) in [7, 11) is 0. The van der Waals surface area contributed by atoms with Crippen LogP contribution in [0.25, 0.3) is 0 Å². The fourth-order valence-corrected chi connectivity index (χ4v) is 2.85. The molecule has 18 heavy (non-hydrogen) atoms. The third kappa shape index (κ3) is 3.21. The van der Waals surface area contributed by atoms with Gasteiger partial charge in [0.15, 0.2) is 0 Å². The second-order valence-corrected chi connectivity index (χ2v) is 5.73. The van der Waals surface area contributed by atoms with Crippen molar-refractivity contribution in [2.45, 2.75) is 26.2 Å². The van der Waals surface area contributed by atoms with Crippen molar-refractivity contribution >= 4 is 28.8 Å². The summed E-state index contributed by atoms with van der Waals surface area (Å²) in [5.74, 6) is 1.16. The monoisotopic (exact) mass is 281 g/mol. The van der Waals surface area contributed by atoms with Gasteiger partial charge in [-0.25, -0.2) is 9.97 Å². The molecule has 0 bridgehead atoms. The van der Waals surface area contributed by atoms with Gasteiger partial charge in [-0.3, -0.25) is 0 Å². The Morgan fingerprint density at radius 1 is 1.39 bits per heavy atom. The van der Waals surface area contributed by atoms with E-state index in [9.17, 15) is 0 Å². The number of aromatic nitrogens is 2. The quantitative estimate of drug-likeness (QED) is 0.843. The number of hydrogen-bond acceptors (Lipinski definition) is 4. The molecule has 1 N–H and O–H groups in total. The van der Waals surface area contributed by atoms with Crippen molar-refractivity contribution in [3.63, 3.8) is 0 Å². The summed E-state index contributed by atoms with van der Waals surface area (Å²) in [5.41, 5.74) is 0.991. The van der Waals surface area contributed by atoms with Crippen LogP contribution in [0, 0.1) is 0 Å². The zero-order valence-electron chi connectivity index (χ0n) is 10.5. The Morgan fingerprint density at radius 3 is 2.89 bits per heavy atom. The predicted molar refractivity (Wildman–Crippen MR) is 77.6 cm³/mol. The number of halogens is 1. The lowest BCUT2D eigenvalue weighted by Gasteiger charge is -2.13. The summed E-state index contributed by atoms with van der Waals surface area (Å²) in [5, 5.41) is 5.98. The van der Waals surface area contributed by atoms with Crippen molar-refractivity contribution in [1.82, 2.24) is 9.97 Å². The summed E-state index contributed by atoms with van der Waals surface area (Å²) in [6.07, 6.45) is 2.50. The van der Waals surface area contributed by atoms with E-state index >= 15 is 0 Å². The summed E-state index contributed by atoms with van der Waals surface area (Å²) in [6.45, 7) is 5.04. The maximum Gasteiger partial charge on any atom is 0.138 e. The zero-order valence-corrected chi connectivity index (χ0v) is 12.1. The van der Waals surface area contributed by atoms with Crippen LogP contribution in [-0.4, -0.2) is 16.5 Å². The van der Waals surface area contributed by atoms with Crippen molar-refractivity contribution in [1.29, 1.82) is 0 Å². The summed E-state index contributed by atoms with van der Waals surface area (Å²) < 4.78 is 0. The van der Waals surface area contributed by atoms with E-state index in [0.29, 0.717) is 11.1 Å². The highest BCUT2D eigenvalue weighted by Crippen LogP contribution is 2.27. The van der Waals surface area contributed by atoms with Crippen LogP contribution in [-0.2, 0) is 6.42 Å². The van der Waals surface area contributed by atoms with E-state index in [1.807, 2.05) is 0 Å². The number of rotatable bonds is 5. The van der Waals surface area contributed by atoms with Crippen molar-refractivity contribution in [2.75, 3.05) is 11.9 Å². The van der Waals surface area contributed by atoms with E-state index in [4.69, 9.17) is 11.6 Å². The first-order valence-corrected chi connectivity index (χ1v) is 7.21. The molecule has 0 aliphatic rings. The Balaban J connectivity index is 2.03. The third-order valence-electron chi connectivity index (χ3n) is 2.66. The van der Waals surface area contributed by atoms with Crippen molar-refractivity contribution in [3.8, 4) is 0 Å². The first-order chi connectivity index (χ1) is 8.68. The molecule has 0 saturated carbocycles. The van der Waals surface area contributed by atoms with Crippen LogP contribution in [0.4, 0.5) is 5.82 Å². The van der Waals surface area contributed by atoms with Gasteiger partial charge in [0, 0.05) is 17.0 Å². The lowest BCUT2D eigenvalue weighted by atomic mass is 10.1. The van der Waals surface area contributed by atoms with Gasteiger partial charge in [0.1, 0.15) is 17.3 Å². The highest BCUT2D eigenvalue weighted by molar-refractivity contribution is 7.09. The van der Waals surface area contributed by atoms with Crippen molar-refractivity contribution in [2.24, 2.45) is 0 Å². The summed E-state index contributed by atoms with van der Waals surface area (Å²) >= 11 is 7.89. The second kappa shape index (κ2) is 6.16. The fraction of sp³-hybridized carbons (Fsp3) is 0.385. The SMILES string of the molecule is CC(C)c1c(Cl)ncnc1NCCc1cccs1. The summed E-state index contributed by atoms with van der Waals surface area (Å²) in [6, 6.07) is 4.21. The molecule has 2 aromatic heterocycles. The first kappa shape index (κ1) is 13.3. The Kier molecular flexibility index (Phi) is 4.55. The van der Waals surface area contributed by atoms with Gasteiger partial charge in [-0.15, -0.1) is 11.3 Å². The summed E-state index contributed by atoms with van der Waals surface area (Å²) in [4.78, 5) is 9.68. The Labute approximate surface area is 116 Å². The third-order valence-corrected chi connectivity index (χ3v) is 3.89. The molecular weight excluding hydrogens is 266 g/mol. The van der Waals surface area contributed by atoms with E-state index in [2.05, 4.69) is 46.6 Å². The highest BCUT2D eigenvalue weighted by Gasteiger charge is 2.12. The van der Waals surface area contributed by atoms with Crippen LogP contribution < -0.4 is 5.32 Å². The molecule has 2 rings (SSSR count). The smallest absolute Gasteiger partial charge is 0.138 e. The van der Waals surface area contributed by atoms with Crippen LogP contribution in [0.15, 0.2) is 23.8 Å². The molecular formula is C13H16ClN3S. The molecule has 3 nitrogen and oxygen atoms in total. The topological polar surface area (TPSA) is 37.8 Å². The molecule has 0 radical (unpaired) electrons. The number of nitrogens with zero attached hydrogens (tertiary/aromatic N) is 2. The average Bonchev–Trinajstić information content (AvgIpc) is 2.81. The van der Waals surface area contributed by atoms with Gasteiger partial charge in [0.2, 0.25) is 0 Å². The van der Waals surface area contributed by atoms with Gasteiger partial charge in [-0.2, -0.15) is 0 Å². The van der Waals surface area contributed by atoms with E-state index in [-0.39, 0.29) is 0 Å². The number of thiophene rings is 1. The molecule has 0 amide bonds. The minimum absolute atomic E-state index is 0.308. The molecule has 0 atom stereocenters. The number of nitrogens with one attached hydrogen (secondary N) is 1. The molecule has 0 aromatic carbocycles. The van der Waals surface area contributed by atoms with Crippen LogP contribution >= 0.6 is 22.9 Å². The maximum absolute atomic E-state index is 6.11. The van der Waals surface area contributed by atoms with Crippen LogP contribution in [0.1, 0.15) is 30.2 Å². The zero-order chi connectivity index (χ0) is 13.0. The predicted octanol–water partition coefficient (Wildman–Crippen LogP) is 3.97. The van der Waals surface area contributed by atoms with Gasteiger partial charge < -0.3 is 5.32 Å². The van der Waals surface area contributed by atoms with Gasteiger partial charge in [0.05, 0.1) is 0 Å². The highest BCUT2D eigenvalue weighted by atomic mass is 35.5. The maximum atomic E-state index is 6.11. The molecule has 0 aliphatic carbocycles. The Hall–Kier alpha value is -1.13. The van der Waals surface area contributed by atoms with Crippen LogP contribution in [0.5, 0.6) is 0 Å². The molecule has 2 aromatic rings. The molecule has 0 fully saturated rings. The van der Waals surface area contributed by atoms with Gasteiger partial charge in [-0.05, 0) is 23.8 Å². The minimum atomic E-state index is 0.308. The fourth-order valence-electron chi connectivity index (χ4n) is 1.79. The van der Waals surface area contributed by atoms with Gasteiger partial charge in [0.25, 0.3) is 0 Å². The largest absolute Gasteiger partial charge is 0.369 e. The molecule has 0 spiro atoms. The van der Waals surface area contributed by atoms with Gasteiger partial charge >= 0.3 is 0 Å². The number of anilines is 1. The van der Waals surface area contributed by atoms with E-state index < -0.39 is 0 Å². The van der Waals surface area contributed by atoms with Crippen molar-refractivity contribution < 1.29 is 0 Å².